The fourth-order valence-electron chi connectivity index (χ4n) is 7.14. The molecular weight excluding hydrogens is 348 g/mol. The fourth-order valence-corrected chi connectivity index (χ4v) is 7.14. The Morgan fingerprint density at radius 2 is 1.89 bits per heavy atom. The first-order valence-electron chi connectivity index (χ1n) is 11.0. The lowest BCUT2D eigenvalue weighted by molar-refractivity contribution is -0.130. The molecule has 0 bridgehead atoms. The van der Waals surface area contributed by atoms with Gasteiger partial charge in [0.25, 0.3) is 0 Å². The van der Waals surface area contributed by atoms with Crippen LogP contribution in [-0.2, 0) is 4.79 Å². The largest absolute Gasteiger partial charge is 0.462 e. The molecule has 1 N–H and O–H groups in total. The van der Waals surface area contributed by atoms with E-state index in [9.17, 15) is 9.90 Å². The Hall–Kier alpha value is -1.61. The number of fused-ring (bicyclic) bond motifs is 5. The van der Waals surface area contributed by atoms with E-state index in [2.05, 4.69) is 19.9 Å². The number of rotatable bonds is 1. The number of carbonyl (C=O) groups excluding carboxylic acids is 1. The average molecular weight is 381 g/mol. The van der Waals surface area contributed by atoms with Crippen LogP contribution in [-0.4, -0.2) is 17.0 Å². The molecule has 0 radical (unpaired) electrons. The highest BCUT2D eigenvalue weighted by atomic mass is 16.3. The quantitative estimate of drug-likeness (QED) is 0.519. The van der Waals surface area contributed by atoms with E-state index in [-0.39, 0.29) is 16.9 Å². The summed E-state index contributed by atoms with van der Waals surface area (Å²) in [6.45, 7) is 6.60. The Labute approximate surface area is 167 Å². The molecule has 0 aromatic carbocycles. The van der Waals surface area contributed by atoms with Gasteiger partial charge >= 0.3 is 0 Å². The molecule has 1 aromatic rings. The molecule has 3 nitrogen and oxygen atoms in total. The second kappa shape index (κ2) is 6.19. The van der Waals surface area contributed by atoms with E-state index < -0.39 is 0 Å². The summed E-state index contributed by atoms with van der Waals surface area (Å²) < 4.78 is 5.72. The van der Waals surface area contributed by atoms with Crippen LogP contribution >= 0.6 is 0 Å². The highest BCUT2D eigenvalue weighted by molar-refractivity contribution is 6.05. The van der Waals surface area contributed by atoms with Gasteiger partial charge in [-0.25, -0.2) is 0 Å². The number of allylic oxidation sites excluding steroid dienone is 2. The molecule has 3 saturated carbocycles. The normalized spacial score (nSPS) is 44.1. The molecule has 0 saturated heterocycles. The number of aryl methyl sites for hydroxylation is 1. The van der Waals surface area contributed by atoms with Gasteiger partial charge in [0.2, 0.25) is 0 Å². The average Bonchev–Trinajstić information content (AvgIpc) is 3.18. The van der Waals surface area contributed by atoms with Gasteiger partial charge < -0.3 is 9.52 Å². The van der Waals surface area contributed by atoms with Crippen molar-refractivity contribution in [3.63, 3.8) is 0 Å². The molecule has 1 heterocycles. The summed E-state index contributed by atoms with van der Waals surface area (Å²) >= 11 is 0. The van der Waals surface area contributed by atoms with E-state index in [0.717, 1.165) is 62.0 Å². The van der Waals surface area contributed by atoms with E-state index in [1.54, 1.807) is 0 Å². The number of hydrogen-bond acceptors (Lipinski definition) is 3. The van der Waals surface area contributed by atoms with Crippen LogP contribution < -0.4 is 0 Å². The maximum atomic E-state index is 13.4. The standard InChI is InChI=1S/C25H32O3/c1-15-4-6-19(28-15)12-16-13-22-20-7-5-17-14-18(26)8-10-24(17,2)21(20)9-11-25(22,3)23(16)27/h4-6,12,18,20-22,26H,7-11,13-14H2,1-3H3. The molecule has 0 spiro atoms. The van der Waals surface area contributed by atoms with Crippen LogP contribution in [0.25, 0.3) is 6.08 Å². The van der Waals surface area contributed by atoms with Crippen molar-refractivity contribution in [1.82, 2.24) is 0 Å². The van der Waals surface area contributed by atoms with Crippen molar-refractivity contribution >= 4 is 11.9 Å². The van der Waals surface area contributed by atoms with Crippen LogP contribution in [0.4, 0.5) is 0 Å². The number of aliphatic hydroxyl groups is 1. The summed E-state index contributed by atoms with van der Waals surface area (Å²) in [5.74, 6) is 3.70. The van der Waals surface area contributed by atoms with Crippen molar-refractivity contribution in [2.24, 2.45) is 28.6 Å². The van der Waals surface area contributed by atoms with Gasteiger partial charge in [-0.2, -0.15) is 0 Å². The lowest BCUT2D eigenvalue weighted by Gasteiger charge is -2.56. The minimum atomic E-state index is -0.218. The Balaban J connectivity index is 1.48. The van der Waals surface area contributed by atoms with Gasteiger partial charge in [-0.3, -0.25) is 4.79 Å². The molecule has 150 valence electrons. The van der Waals surface area contributed by atoms with E-state index in [1.165, 1.54) is 5.57 Å². The van der Waals surface area contributed by atoms with E-state index in [1.807, 2.05) is 25.1 Å². The second-order valence-electron chi connectivity index (χ2n) is 10.3. The lowest BCUT2D eigenvalue weighted by Crippen LogP contribution is -2.50. The molecule has 5 rings (SSSR count). The van der Waals surface area contributed by atoms with Crippen molar-refractivity contribution in [2.45, 2.75) is 71.8 Å². The summed E-state index contributed by atoms with van der Waals surface area (Å²) in [5.41, 5.74) is 2.45. The zero-order valence-electron chi connectivity index (χ0n) is 17.3. The Morgan fingerprint density at radius 3 is 2.64 bits per heavy atom. The first-order valence-corrected chi connectivity index (χ1v) is 11.0. The summed E-state index contributed by atoms with van der Waals surface area (Å²) in [5, 5.41) is 10.2. The van der Waals surface area contributed by atoms with Gasteiger partial charge in [-0.05, 0) is 98.8 Å². The van der Waals surface area contributed by atoms with Crippen LogP contribution in [0.15, 0.2) is 33.8 Å². The molecule has 0 aliphatic heterocycles. The zero-order chi connectivity index (χ0) is 19.7. The number of furan rings is 1. The van der Waals surface area contributed by atoms with Gasteiger partial charge in [0.05, 0.1) is 6.10 Å². The van der Waals surface area contributed by atoms with Crippen molar-refractivity contribution in [3.8, 4) is 0 Å². The van der Waals surface area contributed by atoms with Crippen molar-refractivity contribution < 1.29 is 14.3 Å². The Bertz CT molecular complexity index is 874. The van der Waals surface area contributed by atoms with E-state index in [0.29, 0.717) is 23.5 Å². The third-order valence-electron chi connectivity index (χ3n) is 8.80. The van der Waals surface area contributed by atoms with Crippen molar-refractivity contribution in [3.05, 3.63) is 40.9 Å². The molecule has 0 amide bonds. The predicted molar refractivity (Wildman–Crippen MR) is 110 cm³/mol. The van der Waals surface area contributed by atoms with Crippen LogP contribution in [0, 0.1) is 35.5 Å². The monoisotopic (exact) mass is 380 g/mol. The summed E-state index contributed by atoms with van der Waals surface area (Å²) in [6.07, 6.45) is 11.2. The van der Waals surface area contributed by atoms with Crippen LogP contribution in [0.1, 0.15) is 70.3 Å². The fraction of sp³-hybridized carbons (Fsp3) is 0.640. The molecular formula is C25H32O3. The number of ketones is 1. The number of aliphatic hydroxyl groups excluding tert-OH is 1. The Morgan fingerprint density at radius 1 is 1.11 bits per heavy atom. The van der Waals surface area contributed by atoms with Gasteiger partial charge in [-0.1, -0.05) is 25.5 Å². The van der Waals surface area contributed by atoms with Gasteiger partial charge in [0.15, 0.2) is 5.78 Å². The van der Waals surface area contributed by atoms with Crippen molar-refractivity contribution in [1.29, 1.82) is 0 Å². The lowest BCUT2D eigenvalue weighted by atomic mass is 9.48. The Kier molecular flexibility index (Phi) is 4.07. The first kappa shape index (κ1) is 18.4. The summed E-state index contributed by atoms with van der Waals surface area (Å²) in [6, 6.07) is 3.93. The highest BCUT2D eigenvalue weighted by Crippen LogP contribution is 2.64. The number of Topliss-reactive ketones (excluding diaryl/α,β-unsaturated/α-hetero) is 1. The minimum absolute atomic E-state index is 0.163. The number of carbonyl (C=O) groups is 1. The third-order valence-corrected chi connectivity index (χ3v) is 8.80. The van der Waals surface area contributed by atoms with E-state index in [4.69, 9.17) is 4.42 Å². The van der Waals surface area contributed by atoms with E-state index >= 15 is 0 Å². The van der Waals surface area contributed by atoms with Gasteiger partial charge in [0.1, 0.15) is 11.5 Å². The first-order chi connectivity index (χ1) is 13.3. The SMILES string of the molecule is Cc1ccc(C=C2CC3C4CC=C5CC(O)CCC5(C)C4CCC3(C)C2=O)o1. The van der Waals surface area contributed by atoms with Crippen LogP contribution in [0.5, 0.6) is 0 Å². The van der Waals surface area contributed by atoms with Gasteiger partial charge in [-0.15, -0.1) is 0 Å². The van der Waals surface area contributed by atoms with Crippen LogP contribution in [0.3, 0.4) is 0 Å². The molecule has 6 unspecified atom stereocenters. The van der Waals surface area contributed by atoms with Crippen LogP contribution in [0.2, 0.25) is 0 Å². The third kappa shape index (κ3) is 2.55. The number of hydrogen-bond donors (Lipinski definition) is 1. The molecule has 28 heavy (non-hydrogen) atoms. The van der Waals surface area contributed by atoms with Crippen molar-refractivity contribution in [2.75, 3.05) is 0 Å². The molecule has 3 heteroatoms. The second-order valence-corrected chi connectivity index (χ2v) is 10.3. The maximum absolute atomic E-state index is 13.4. The summed E-state index contributed by atoms with van der Waals surface area (Å²) in [4.78, 5) is 13.4. The molecule has 4 aliphatic rings. The minimum Gasteiger partial charge on any atom is -0.462 e. The molecule has 4 aliphatic carbocycles. The van der Waals surface area contributed by atoms with Gasteiger partial charge in [0, 0.05) is 5.41 Å². The predicted octanol–water partition coefficient (Wildman–Crippen LogP) is 5.47. The summed E-state index contributed by atoms with van der Waals surface area (Å²) in [7, 11) is 0. The smallest absolute Gasteiger partial charge is 0.165 e. The molecule has 6 atom stereocenters. The molecule has 3 fully saturated rings. The maximum Gasteiger partial charge on any atom is 0.165 e. The zero-order valence-corrected chi connectivity index (χ0v) is 17.3. The highest BCUT2D eigenvalue weighted by Gasteiger charge is 2.59. The molecule has 1 aromatic heterocycles. The topological polar surface area (TPSA) is 50.4 Å².